The first kappa shape index (κ1) is 13.4. The molecule has 0 saturated carbocycles. The van der Waals surface area contributed by atoms with E-state index in [9.17, 15) is 4.39 Å². The largest absolute Gasteiger partial charge is 0.330 e. The minimum atomic E-state index is -0.275. The van der Waals surface area contributed by atoms with E-state index in [0.29, 0.717) is 6.04 Å². The highest BCUT2D eigenvalue weighted by Crippen LogP contribution is 2.28. The third-order valence-electron chi connectivity index (χ3n) is 3.85. The van der Waals surface area contributed by atoms with Gasteiger partial charge in [-0.2, -0.15) is 0 Å². The van der Waals surface area contributed by atoms with Gasteiger partial charge in [-0.05, 0) is 51.4 Å². The molecule has 2 N–H and O–H groups in total. The van der Waals surface area contributed by atoms with E-state index in [0.717, 1.165) is 25.2 Å². The monoisotopic (exact) mass is 251 g/mol. The van der Waals surface area contributed by atoms with E-state index in [4.69, 9.17) is 5.73 Å². The Bertz CT molecular complexity index is 364. The predicted molar refractivity (Wildman–Crippen MR) is 70.6 cm³/mol. The fraction of sp³-hybridized carbons (Fsp3) is 0.643. The van der Waals surface area contributed by atoms with Crippen LogP contribution in [0.4, 0.5) is 4.39 Å². The predicted octanol–water partition coefficient (Wildman–Crippen LogP) is 2.48. The second kappa shape index (κ2) is 6.25. The summed E-state index contributed by atoms with van der Waals surface area (Å²) in [6.07, 6.45) is 6.05. The number of hydrogen-bond acceptors (Lipinski definition) is 3. The first-order chi connectivity index (χ1) is 8.72. The molecular weight excluding hydrogens is 229 g/mol. The van der Waals surface area contributed by atoms with E-state index >= 15 is 0 Å². The minimum Gasteiger partial charge on any atom is -0.330 e. The van der Waals surface area contributed by atoms with Crippen LogP contribution in [0, 0.1) is 5.82 Å². The third-order valence-corrected chi connectivity index (χ3v) is 3.85. The smallest absolute Gasteiger partial charge is 0.141 e. The number of hydrogen-bond donors (Lipinski definition) is 1. The zero-order valence-electron chi connectivity index (χ0n) is 11.0. The van der Waals surface area contributed by atoms with Crippen molar-refractivity contribution >= 4 is 0 Å². The highest BCUT2D eigenvalue weighted by Gasteiger charge is 2.27. The molecule has 4 heteroatoms. The van der Waals surface area contributed by atoms with E-state index in [-0.39, 0.29) is 11.9 Å². The Hall–Kier alpha value is -1.00. The standard InChI is InChI=1S/C14H22FN3/c1-11(14-6-5-12(15)10-17-14)18-9-3-2-4-13(18)7-8-16/h5-6,10-11,13H,2-4,7-9,16H2,1H3. The van der Waals surface area contributed by atoms with Gasteiger partial charge in [0.05, 0.1) is 11.9 Å². The van der Waals surface area contributed by atoms with E-state index in [1.54, 1.807) is 6.07 Å². The molecule has 0 bridgehead atoms. The van der Waals surface area contributed by atoms with Gasteiger partial charge in [0.25, 0.3) is 0 Å². The van der Waals surface area contributed by atoms with Crippen molar-refractivity contribution in [2.45, 2.75) is 44.7 Å². The number of pyridine rings is 1. The number of likely N-dealkylation sites (tertiary alicyclic amines) is 1. The fourth-order valence-electron chi connectivity index (χ4n) is 2.84. The zero-order valence-corrected chi connectivity index (χ0v) is 11.0. The Balaban J connectivity index is 2.09. The van der Waals surface area contributed by atoms with Crippen LogP contribution in [0.3, 0.4) is 0 Å². The SMILES string of the molecule is CC(c1ccc(F)cn1)N1CCCCC1CCN. The summed E-state index contributed by atoms with van der Waals surface area (Å²) in [5.41, 5.74) is 6.63. The van der Waals surface area contributed by atoms with Crippen molar-refractivity contribution in [1.29, 1.82) is 0 Å². The van der Waals surface area contributed by atoms with Crippen LogP contribution in [0.1, 0.15) is 44.3 Å². The molecule has 1 aromatic rings. The Morgan fingerprint density at radius 1 is 1.50 bits per heavy atom. The second-order valence-corrected chi connectivity index (χ2v) is 5.04. The normalized spacial score (nSPS) is 22.9. The van der Waals surface area contributed by atoms with Crippen LogP contribution in [0.25, 0.3) is 0 Å². The van der Waals surface area contributed by atoms with Crippen LogP contribution in [0.5, 0.6) is 0 Å². The maximum Gasteiger partial charge on any atom is 0.141 e. The summed E-state index contributed by atoms with van der Waals surface area (Å²) >= 11 is 0. The average Bonchev–Trinajstić information content (AvgIpc) is 2.40. The lowest BCUT2D eigenvalue weighted by atomic mass is 9.96. The van der Waals surface area contributed by atoms with Gasteiger partial charge in [-0.25, -0.2) is 4.39 Å². The van der Waals surface area contributed by atoms with E-state index < -0.39 is 0 Å². The molecule has 1 aliphatic heterocycles. The lowest BCUT2D eigenvalue weighted by Gasteiger charge is -2.39. The van der Waals surface area contributed by atoms with Crippen LogP contribution in [0.15, 0.2) is 18.3 Å². The molecule has 2 rings (SSSR count). The van der Waals surface area contributed by atoms with Crippen LogP contribution in [-0.2, 0) is 0 Å². The van der Waals surface area contributed by atoms with Gasteiger partial charge in [0.1, 0.15) is 5.82 Å². The Morgan fingerprint density at radius 3 is 3.00 bits per heavy atom. The number of nitrogens with zero attached hydrogens (tertiary/aromatic N) is 2. The molecule has 3 nitrogen and oxygen atoms in total. The average molecular weight is 251 g/mol. The summed E-state index contributed by atoms with van der Waals surface area (Å²) < 4.78 is 12.9. The van der Waals surface area contributed by atoms with Crippen LogP contribution >= 0.6 is 0 Å². The van der Waals surface area contributed by atoms with Gasteiger partial charge >= 0.3 is 0 Å². The molecule has 0 aliphatic carbocycles. The summed E-state index contributed by atoms with van der Waals surface area (Å²) in [5.74, 6) is -0.275. The van der Waals surface area contributed by atoms with E-state index in [1.807, 2.05) is 0 Å². The zero-order chi connectivity index (χ0) is 13.0. The Labute approximate surface area is 108 Å². The molecule has 1 fully saturated rings. The molecule has 1 aliphatic rings. The molecule has 1 saturated heterocycles. The number of halogens is 1. The van der Waals surface area contributed by atoms with Crippen molar-refractivity contribution in [3.05, 3.63) is 29.8 Å². The topological polar surface area (TPSA) is 42.2 Å². The molecule has 2 unspecified atom stereocenters. The van der Waals surface area contributed by atoms with E-state index in [2.05, 4.69) is 16.8 Å². The molecule has 100 valence electrons. The van der Waals surface area contributed by atoms with Gasteiger partial charge in [-0.15, -0.1) is 0 Å². The van der Waals surface area contributed by atoms with Gasteiger partial charge in [-0.3, -0.25) is 9.88 Å². The summed E-state index contributed by atoms with van der Waals surface area (Å²) in [7, 11) is 0. The van der Waals surface area contributed by atoms with Gasteiger partial charge < -0.3 is 5.73 Å². The van der Waals surface area contributed by atoms with E-state index in [1.165, 1.54) is 31.5 Å². The molecule has 2 heterocycles. The number of nitrogens with two attached hydrogens (primary N) is 1. The molecule has 0 spiro atoms. The van der Waals surface area contributed by atoms with Crippen LogP contribution in [-0.4, -0.2) is 29.0 Å². The molecule has 1 aromatic heterocycles. The Morgan fingerprint density at radius 2 is 2.33 bits per heavy atom. The first-order valence-corrected chi connectivity index (χ1v) is 6.79. The number of piperidine rings is 1. The van der Waals surface area contributed by atoms with Crippen molar-refractivity contribution < 1.29 is 4.39 Å². The third kappa shape index (κ3) is 3.06. The molecule has 2 atom stereocenters. The fourth-order valence-corrected chi connectivity index (χ4v) is 2.84. The molecule has 0 radical (unpaired) electrons. The summed E-state index contributed by atoms with van der Waals surface area (Å²) in [5, 5.41) is 0. The second-order valence-electron chi connectivity index (χ2n) is 5.04. The van der Waals surface area contributed by atoms with Crippen molar-refractivity contribution in [2.24, 2.45) is 5.73 Å². The van der Waals surface area contributed by atoms with Crippen LogP contribution < -0.4 is 5.73 Å². The van der Waals surface area contributed by atoms with Crippen molar-refractivity contribution in [3.8, 4) is 0 Å². The summed E-state index contributed by atoms with van der Waals surface area (Å²) in [4.78, 5) is 6.67. The van der Waals surface area contributed by atoms with Crippen molar-refractivity contribution in [3.63, 3.8) is 0 Å². The summed E-state index contributed by atoms with van der Waals surface area (Å²) in [6.45, 7) is 3.96. The summed E-state index contributed by atoms with van der Waals surface area (Å²) in [6, 6.07) is 4.06. The minimum absolute atomic E-state index is 0.238. The van der Waals surface area contributed by atoms with Gasteiger partial charge in [0, 0.05) is 12.1 Å². The van der Waals surface area contributed by atoms with Gasteiger partial charge in [-0.1, -0.05) is 6.42 Å². The van der Waals surface area contributed by atoms with Crippen LogP contribution in [0.2, 0.25) is 0 Å². The van der Waals surface area contributed by atoms with Gasteiger partial charge in [0.2, 0.25) is 0 Å². The molecule has 18 heavy (non-hydrogen) atoms. The number of aromatic nitrogens is 1. The lowest BCUT2D eigenvalue weighted by Crippen LogP contribution is -2.42. The van der Waals surface area contributed by atoms with Crippen molar-refractivity contribution in [1.82, 2.24) is 9.88 Å². The number of rotatable bonds is 4. The molecular formula is C14H22FN3. The van der Waals surface area contributed by atoms with Crippen molar-refractivity contribution in [2.75, 3.05) is 13.1 Å². The first-order valence-electron chi connectivity index (χ1n) is 6.79. The molecule has 0 aromatic carbocycles. The highest BCUT2D eigenvalue weighted by molar-refractivity contribution is 5.10. The van der Waals surface area contributed by atoms with Gasteiger partial charge in [0.15, 0.2) is 0 Å². The quantitative estimate of drug-likeness (QED) is 0.894. The lowest BCUT2D eigenvalue weighted by molar-refractivity contribution is 0.0963. The highest BCUT2D eigenvalue weighted by atomic mass is 19.1. The maximum absolute atomic E-state index is 12.9. The maximum atomic E-state index is 12.9. The molecule has 0 amide bonds. The Kier molecular flexibility index (Phi) is 4.66.